The van der Waals surface area contributed by atoms with E-state index < -0.39 is 30.4 Å². The summed E-state index contributed by atoms with van der Waals surface area (Å²) in [5.74, 6) is -3.83. The second-order valence-corrected chi connectivity index (χ2v) is 4.92. The summed E-state index contributed by atoms with van der Waals surface area (Å²) >= 11 is 0. The molecule has 10 nitrogen and oxygen atoms in total. The SMILES string of the molecule is CCOC(=O)c1c(C)oc(NC(=O)COC(=O)c2ccco2)c1C(N)=O. The van der Waals surface area contributed by atoms with Gasteiger partial charge < -0.3 is 24.0 Å². The van der Waals surface area contributed by atoms with Crippen molar-refractivity contribution in [1.29, 1.82) is 0 Å². The van der Waals surface area contributed by atoms with E-state index in [4.69, 9.17) is 24.0 Å². The molecule has 2 heterocycles. The molecule has 3 N–H and O–H groups in total. The van der Waals surface area contributed by atoms with Crippen LogP contribution in [0.2, 0.25) is 0 Å². The van der Waals surface area contributed by atoms with E-state index in [0.717, 1.165) is 0 Å². The van der Waals surface area contributed by atoms with Gasteiger partial charge >= 0.3 is 11.9 Å². The predicted octanol–water partition coefficient (Wildman–Crippen LogP) is 1.25. The zero-order valence-corrected chi connectivity index (χ0v) is 14.0. The first-order valence-electron chi connectivity index (χ1n) is 7.45. The summed E-state index contributed by atoms with van der Waals surface area (Å²) in [5, 5.41) is 2.23. The van der Waals surface area contributed by atoms with E-state index in [1.165, 1.54) is 25.3 Å². The summed E-state index contributed by atoms with van der Waals surface area (Å²) in [6.45, 7) is 2.40. The normalized spacial score (nSPS) is 10.2. The van der Waals surface area contributed by atoms with Crippen LogP contribution in [0.25, 0.3) is 0 Å². The molecule has 26 heavy (non-hydrogen) atoms. The first-order chi connectivity index (χ1) is 12.3. The van der Waals surface area contributed by atoms with Gasteiger partial charge in [0.25, 0.3) is 11.8 Å². The zero-order chi connectivity index (χ0) is 19.3. The molecule has 0 aliphatic rings. The van der Waals surface area contributed by atoms with Gasteiger partial charge in [-0.2, -0.15) is 0 Å². The van der Waals surface area contributed by atoms with Gasteiger partial charge in [0, 0.05) is 0 Å². The lowest BCUT2D eigenvalue weighted by Crippen LogP contribution is -2.23. The van der Waals surface area contributed by atoms with Crippen LogP contribution in [0.4, 0.5) is 5.88 Å². The molecule has 0 aliphatic carbocycles. The van der Waals surface area contributed by atoms with Crippen LogP contribution in [0.1, 0.15) is 44.0 Å². The van der Waals surface area contributed by atoms with E-state index in [-0.39, 0.29) is 35.1 Å². The lowest BCUT2D eigenvalue weighted by atomic mass is 10.1. The molecule has 2 amide bonds. The van der Waals surface area contributed by atoms with Crippen LogP contribution in [0.15, 0.2) is 27.2 Å². The maximum absolute atomic E-state index is 12.0. The van der Waals surface area contributed by atoms with E-state index in [2.05, 4.69) is 5.32 Å². The second kappa shape index (κ2) is 8.01. The fourth-order valence-corrected chi connectivity index (χ4v) is 2.08. The Morgan fingerprint density at radius 3 is 2.46 bits per heavy atom. The van der Waals surface area contributed by atoms with Crippen molar-refractivity contribution in [2.75, 3.05) is 18.5 Å². The van der Waals surface area contributed by atoms with E-state index in [9.17, 15) is 19.2 Å². The van der Waals surface area contributed by atoms with Crippen molar-refractivity contribution in [3.8, 4) is 0 Å². The van der Waals surface area contributed by atoms with Gasteiger partial charge in [0.05, 0.1) is 12.9 Å². The van der Waals surface area contributed by atoms with Crippen molar-refractivity contribution in [1.82, 2.24) is 0 Å². The first-order valence-corrected chi connectivity index (χ1v) is 7.45. The van der Waals surface area contributed by atoms with Crippen molar-refractivity contribution >= 4 is 29.6 Å². The number of hydrogen-bond acceptors (Lipinski definition) is 8. The number of primary amides is 1. The highest BCUT2D eigenvalue weighted by Crippen LogP contribution is 2.27. The predicted molar refractivity (Wildman–Crippen MR) is 85.5 cm³/mol. The van der Waals surface area contributed by atoms with E-state index in [0.29, 0.717) is 0 Å². The molecule has 2 rings (SSSR count). The summed E-state index contributed by atoms with van der Waals surface area (Å²) in [6, 6.07) is 2.85. The van der Waals surface area contributed by atoms with Crippen molar-refractivity contribution in [3.05, 3.63) is 41.0 Å². The maximum atomic E-state index is 12.0. The molecule has 0 aromatic carbocycles. The van der Waals surface area contributed by atoms with Crippen molar-refractivity contribution < 1.29 is 37.5 Å². The first kappa shape index (κ1) is 18.8. The Morgan fingerprint density at radius 2 is 1.88 bits per heavy atom. The maximum Gasteiger partial charge on any atom is 0.374 e. The van der Waals surface area contributed by atoms with Gasteiger partial charge in [0.1, 0.15) is 16.9 Å². The number of esters is 2. The molecule has 0 radical (unpaired) electrons. The van der Waals surface area contributed by atoms with Crippen LogP contribution < -0.4 is 11.1 Å². The minimum atomic E-state index is -0.993. The molecule has 0 spiro atoms. The van der Waals surface area contributed by atoms with Gasteiger partial charge in [-0.1, -0.05) is 0 Å². The van der Waals surface area contributed by atoms with Gasteiger partial charge in [-0.25, -0.2) is 9.59 Å². The Hall–Kier alpha value is -3.56. The van der Waals surface area contributed by atoms with Crippen LogP contribution >= 0.6 is 0 Å². The van der Waals surface area contributed by atoms with Gasteiger partial charge in [-0.15, -0.1) is 0 Å². The smallest absolute Gasteiger partial charge is 0.374 e. The molecule has 0 aliphatic heterocycles. The molecule has 0 saturated carbocycles. The number of ether oxygens (including phenoxy) is 2. The molecule has 2 aromatic rings. The molecule has 2 aromatic heterocycles. The monoisotopic (exact) mass is 364 g/mol. The van der Waals surface area contributed by atoms with Crippen LogP contribution in [0.3, 0.4) is 0 Å². The quantitative estimate of drug-likeness (QED) is 0.697. The number of rotatable bonds is 7. The summed E-state index contributed by atoms with van der Waals surface area (Å²) in [4.78, 5) is 47.2. The third kappa shape index (κ3) is 4.09. The van der Waals surface area contributed by atoms with E-state index >= 15 is 0 Å². The highest BCUT2D eigenvalue weighted by atomic mass is 16.5. The number of carbonyl (C=O) groups is 4. The third-order valence-corrected chi connectivity index (χ3v) is 3.12. The molecule has 0 atom stereocenters. The lowest BCUT2D eigenvalue weighted by molar-refractivity contribution is -0.119. The Labute approximate surface area is 147 Å². The number of furan rings is 2. The van der Waals surface area contributed by atoms with Crippen LogP contribution in [-0.4, -0.2) is 37.0 Å². The summed E-state index contributed by atoms with van der Waals surface area (Å²) in [6.07, 6.45) is 1.28. The molecular weight excluding hydrogens is 348 g/mol. The van der Waals surface area contributed by atoms with Gasteiger partial charge in [-0.05, 0) is 26.0 Å². The molecule has 0 fully saturated rings. The van der Waals surface area contributed by atoms with E-state index in [1.807, 2.05) is 0 Å². The molecule has 0 unspecified atom stereocenters. The summed E-state index contributed by atoms with van der Waals surface area (Å²) < 4.78 is 19.6. The van der Waals surface area contributed by atoms with E-state index in [1.54, 1.807) is 6.92 Å². The number of carbonyl (C=O) groups excluding carboxylic acids is 4. The Bertz CT molecular complexity index is 835. The number of amides is 2. The van der Waals surface area contributed by atoms with Crippen molar-refractivity contribution in [2.24, 2.45) is 5.73 Å². The second-order valence-electron chi connectivity index (χ2n) is 4.92. The minimum absolute atomic E-state index is 0.0418. The van der Waals surface area contributed by atoms with Crippen LogP contribution in [0, 0.1) is 6.92 Å². The standard InChI is InChI=1S/C16H16N2O8/c1-3-23-16(22)11-8(2)26-14(12(11)13(17)20)18-10(19)7-25-15(21)9-5-4-6-24-9/h4-6H,3,7H2,1-2H3,(H2,17,20)(H,18,19). The van der Waals surface area contributed by atoms with Gasteiger partial charge in [-0.3, -0.25) is 14.9 Å². The molecular formula is C16H16N2O8. The Kier molecular flexibility index (Phi) is 5.78. The molecule has 0 bridgehead atoms. The topological polar surface area (TPSA) is 151 Å². The third-order valence-electron chi connectivity index (χ3n) is 3.12. The fourth-order valence-electron chi connectivity index (χ4n) is 2.08. The average molecular weight is 364 g/mol. The number of aryl methyl sites for hydroxylation is 1. The molecule has 138 valence electrons. The zero-order valence-electron chi connectivity index (χ0n) is 14.0. The number of anilines is 1. The highest BCUT2D eigenvalue weighted by Gasteiger charge is 2.29. The van der Waals surface area contributed by atoms with Gasteiger partial charge in [0.2, 0.25) is 11.6 Å². The molecule has 10 heteroatoms. The molecule has 0 saturated heterocycles. The number of nitrogens with one attached hydrogen (secondary N) is 1. The van der Waals surface area contributed by atoms with Crippen LogP contribution in [0.5, 0.6) is 0 Å². The Balaban J connectivity index is 2.12. The number of nitrogens with two attached hydrogens (primary N) is 1. The largest absolute Gasteiger partial charge is 0.462 e. The van der Waals surface area contributed by atoms with Crippen LogP contribution in [-0.2, 0) is 14.3 Å². The fraction of sp³-hybridized carbons (Fsp3) is 0.250. The van der Waals surface area contributed by atoms with Gasteiger partial charge in [0.15, 0.2) is 6.61 Å². The van der Waals surface area contributed by atoms with Crippen molar-refractivity contribution in [3.63, 3.8) is 0 Å². The number of hydrogen-bond donors (Lipinski definition) is 2. The lowest BCUT2D eigenvalue weighted by Gasteiger charge is -2.05. The summed E-state index contributed by atoms with van der Waals surface area (Å²) in [5.41, 5.74) is 4.76. The summed E-state index contributed by atoms with van der Waals surface area (Å²) in [7, 11) is 0. The van der Waals surface area contributed by atoms with Crippen molar-refractivity contribution in [2.45, 2.75) is 13.8 Å². The minimum Gasteiger partial charge on any atom is -0.462 e. The highest BCUT2D eigenvalue weighted by molar-refractivity contribution is 6.10. The average Bonchev–Trinajstić information content (AvgIpc) is 3.20. The Morgan fingerprint density at radius 1 is 1.15 bits per heavy atom.